The molecule has 100 valence electrons. The van der Waals surface area contributed by atoms with E-state index in [0.717, 1.165) is 0 Å². The normalized spacial score (nSPS) is 19.4. The predicted molar refractivity (Wildman–Crippen MR) is 65.8 cm³/mol. The first-order chi connectivity index (χ1) is 7.94. The van der Waals surface area contributed by atoms with Crippen LogP contribution in [0.4, 0.5) is 0 Å². The number of amides is 1. The number of carbonyl (C=O) groups is 1. The highest BCUT2D eigenvalue weighted by atomic mass is 16.5. The molecule has 1 heterocycles. The average Bonchev–Trinajstić information content (AvgIpc) is 2.28. The number of hydrogen-bond donors (Lipinski definition) is 2. The van der Waals surface area contributed by atoms with Crippen LogP contribution in [0.2, 0.25) is 0 Å². The summed E-state index contributed by atoms with van der Waals surface area (Å²) < 4.78 is 5.20. The van der Waals surface area contributed by atoms with E-state index in [-0.39, 0.29) is 18.5 Å². The minimum Gasteiger partial charge on any atom is -0.388 e. The minimum absolute atomic E-state index is 0.0515. The summed E-state index contributed by atoms with van der Waals surface area (Å²) in [5, 5.41) is 13.2. The zero-order valence-electron chi connectivity index (χ0n) is 11.0. The van der Waals surface area contributed by atoms with Gasteiger partial charge in [0.25, 0.3) is 0 Å². The van der Waals surface area contributed by atoms with E-state index >= 15 is 0 Å². The Bertz CT molecular complexity index is 250. The quantitative estimate of drug-likeness (QED) is 0.714. The van der Waals surface area contributed by atoms with Crippen molar-refractivity contribution in [3.8, 4) is 0 Å². The first-order valence-electron chi connectivity index (χ1n) is 6.21. The molecule has 0 aromatic rings. The van der Waals surface area contributed by atoms with Gasteiger partial charge >= 0.3 is 0 Å². The Morgan fingerprint density at radius 3 is 2.59 bits per heavy atom. The Morgan fingerprint density at radius 2 is 2.06 bits per heavy atom. The molecule has 5 heteroatoms. The van der Waals surface area contributed by atoms with Crippen LogP contribution in [0.15, 0.2) is 0 Å². The van der Waals surface area contributed by atoms with Crippen molar-refractivity contribution in [2.75, 3.05) is 33.4 Å². The molecule has 0 aromatic heterocycles. The Balaban J connectivity index is 2.25. The summed E-state index contributed by atoms with van der Waals surface area (Å²) in [7, 11) is 1.79. The fourth-order valence-corrected chi connectivity index (χ4v) is 1.74. The third kappa shape index (κ3) is 4.61. The molecule has 0 spiro atoms. The Kier molecular flexibility index (Phi) is 5.36. The molecular formula is C12H24N2O3. The lowest BCUT2D eigenvalue weighted by Crippen LogP contribution is -2.48. The van der Waals surface area contributed by atoms with Gasteiger partial charge in [-0.1, -0.05) is 0 Å². The molecule has 1 amide bonds. The molecule has 0 atom stereocenters. The van der Waals surface area contributed by atoms with E-state index in [0.29, 0.717) is 32.6 Å². The molecule has 1 aliphatic heterocycles. The molecule has 1 rings (SSSR count). The first kappa shape index (κ1) is 14.4. The molecule has 1 aliphatic rings. The summed E-state index contributed by atoms with van der Waals surface area (Å²) in [5.41, 5.74) is -0.713. The number of carbonyl (C=O) groups excluding carboxylic acids is 1. The molecule has 0 radical (unpaired) electrons. The third-order valence-corrected chi connectivity index (χ3v) is 3.32. The zero-order chi connectivity index (χ0) is 12.9. The van der Waals surface area contributed by atoms with E-state index in [2.05, 4.69) is 5.32 Å². The van der Waals surface area contributed by atoms with E-state index in [1.54, 1.807) is 11.9 Å². The highest BCUT2D eigenvalue weighted by Gasteiger charge is 2.29. The molecule has 0 aliphatic carbocycles. The number of likely N-dealkylation sites (N-methyl/N-ethyl adjacent to an activating group) is 1. The van der Waals surface area contributed by atoms with Crippen molar-refractivity contribution in [3.05, 3.63) is 0 Å². The fraction of sp³-hybridized carbons (Fsp3) is 0.917. The number of nitrogens with one attached hydrogen (secondary N) is 1. The molecular weight excluding hydrogens is 220 g/mol. The molecule has 1 saturated heterocycles. The summed E-state index contributed by atoms with van der Waals surface area (Å²) in [5.74, 6) is 0.0515. The second-order valence-corrected chi connectivity index (χ2v) is 5.04. The summed E-state index contributed by atoms with van der Waals surface area (Å²) in [6, 6.07) is 0.204. The molecule has 0 unspecified atom stereocenters. The van der Waals surface area contributed by atoms with E-state index in [1.165, 1.54) is 0 Å². The van der Waals surface area contributed by atoms with Crippen LogP contribution >= 0.6 is 0 Å². The van der Waals surface area contributed by atoms with Gasteiger partial charge in [0.15, 0.2) is 0 Å². The summed E-state index contributed by atoms with van der Waals surface area (Å²) in [4.78, 5) is 13.4. The van der Waals surface area contributed by atoms with Gasteiger partial charge in [0.05, 0.1) is 12.1 Å². The molecule has 17 heavy (non-hydrogen) atoms. The molecule has 1 fully saturated rings. The van der Waals surface area contributed by atoms with Gasteiger partial charge in [0.2, 0.25) is 5.91 Å². The second kappa shape index (κ2) is 6.33. The maximum atomic E-state index is 11.7. The molecule has 0 saturated carbocycles. The van der Waals surface area contributed by atoms with Gasteiger partial charge in [-0.3, -0.25) is 4.79 Å². The smallest absolute Gasteiger partial charge is 0.236 e. The van der Waals surface area contributed by atoms with Crippen LogP contribution in [-0.2, 0) is 9.53 Å². The SMILES string of the molecule is CC(C)N(C)C(=O)CNCC1(O)CCOCC1. The van der Waals surface area contributed by atoms with Gasteiger partial charge in [0.1, 0.15) is 0 Å². The standard InChI is InChI=1S/C12H24N2O3/c1-10(2)14(3)11(15)8-13-9-12(16)4-6-17-7-5-12/h10,13,16H,4-9H2,1-3H3. The topological polar surface area (TPSA) is 61.8 Å². The maximum Gasteiger partial charge on any atom is 0.236 e. The minimum atomic E-state index is -0.713. The van der Waals surface area contributed by atoms with Gasteiger partial charge in [-0.15, -0.1) is 0 Å². The monoisotopic (exact) mass is 244 g/mol. The van der Waals surface area contributed by atoms with Crippen molar-refractivity contribution in [1.29, 1.82) is 0 Å². The van der Waals surface area contributed by atoms with E-state index < -0.39 is 5.60 Å². The highest BCUT2D eigenvalue weighted by molar-refractivity contribution is 5.78. The number of ether oxygens (including phenoxy) is 1. The second-order valence-electron chi connectivity index (χ2n) is 5.04. The largest absolute Gasteiger partial charge is 0.388 e. The van der Waals surface area contributed by atoms with Crippen molar-refractivity contribution in [2.45, 2.75) is 38.3 Å². The number of nitrogens with zero attached hydrogens (tertiary/aromatic N) is 1. The summed E-state index contributed by atoms with van der Waals surface area (Å²) in [6.45, 7) is 5.87. The van der Waals surface area contributed by atoms with Gasteiger partial charge in [-0.25, -0.2) is 0 Å². The maximum absolute atomic E-state index is 11.7. The van der Waals surface area contributed by atoms with Crippen molar-refractivity contribution in [3.63, 3.8) is 0 Å². The van der Waals surface area contributed by atoms with Crippen molar-refractivity contribution >= 4 is 5.91 Å². The lowest BCUT2D eigenvalue weighted by atomic mass is 9.94. The van der Waals surface area contributed by atoms with E-state index in [4.69, 9.17) is 4.74 Å². The van der Waals surface area contributed by atoms with Crippen molar-refractivity contribution < 1.29 is 14.6 Å². The number of rotatable bonds is 5. The van der Waals surface area contributed by atoms with Gasteiger partial charge < -0.3 is 20.1 Å². The first-order valence-corrected chi connectivity index (χ1v) is 6.21. The zero-order valence-corrected chi connectivity index (χ0v) is 11.0. The van der Waals surface area contributed by atoms with Crippen LogP contribution in [0.25, 0.3) is 0 Å². The molecule has 2 N–H and O–H groups in total. The van der Waals surface area contributed by atoms with Crippen LogP contribution in [0.1, 0.15) is 26.7 Å². The predicted octanol–water partition coefficient (Wildman–Crippen LogP) is -0.0157. The van der Waals surface area contributed by atoms with Crippen LogP contribution in [0.3, 0.4) is 0 Å². The van der Waals surface area contributed by atoms with Crippen molar-refractivity contribution in [2.24, 2.45) is 0 Å². The van der Waals surface area contributed by atoms with E-state index in [1.807, 2.05) is 13.8 Å². The number of hydrogen-bond acceptors (Lipinski definition) is 4. The van der Waals surface area contributed by atoms with Gasteiger partial charge in [0, 0.05) is 45.7 Å². The fourth-order valence-electron chi connectivity index (χ4n) is 1.74. The van der Waals surface area contributed by atoms with Crippen LogP contribution < -0.4 is 5.32 Å². The molecule has 0 aromatic carbocycles. The highest BCUT2D eigenvalue weighted by Crippen LogP contribution is 2.18. The Labute approximate surface area is 103 Å². The van der Waals surface area contributed by atoms with Crippen LogP contribution in [0.5, 0.6) is 0 Å². The lowest BCUT2D eigenvalue weighted by molar-refractivity contribution is -0.130. The molecule has 0 bridgehead atoms. The Morgan fingerprint density at radius 1 is 1.47 bits per heavy atom. The average molecular weight is 244 g/mol. The van der Waals surface area contributed by atoms with Crippen molar-refractivity contribution in [1.82, 2.24) is 10.2 Å². The van der Waals surface area contributed by atoms with E-state index in [9.17, 15) is 9.90 Å². The summed E-state index contributed by atoms with van der Waals surface area (Å²) in [6.07, 6.45) is 1.27. The lowest BCUT2D eigenvalue weighted by Gasteiger charge is -2.32. The van der Waals surface area contributed by atoms with Gasteiger partial charge in [-0.2, -0.15) is 0 Å². The van der Waals surface area contributed by atoms with Gasteiger partial charge in [-0.05, 0) is 13.8 Å². The summed E-state index contributed by atoms with van der Waals surface area (Å²) >= 11 is 0. The molecule has 5 nitrogen and oxygen atoms in total. The van der Waals surface area contributed by atoms with Crippen LogP contribution in [0, 0.1) is 0 Å². The third-order valence-electron chi connectivity index (χ3n) is 3.32. The Hall–Kier alpha value is -0.650. The number of aliphatic hydroxyl groups is 1. The van der Waals surface area contributed by atoms with Crippen LogP contribution in [-0.4, -0.2) is 60.9 Å².